The van der Waals surface area contributed by atoms with E-state index in [1.54, 1.807) is 6.07 Å². The van der Waals surface area contributed by atoms with Crippen LogP contribution in [0.25, 0.3) is 0 Å². The fourth-order valence-corrected chi connectivity index (χ4v) is 3.00. The standard InChI is InChI=1S/C17H17ClFN/c18-17-14(6-3-7-16(17)19)11-20-15-9-8-12-4-1-2-5-13(12)10-15/h1-7,15,20H,8-11H2. The van der Waals surface area contributed by atoms with Crippen molar-refractivity contribution in [2.24, 2.45) is 0 Å². The molecule has 1 aliphatic carbocycles. The van der Waals surface area contributed by atoms with Crippen molar-refractivity contribution in [1.29, 1.82) is 0 Å². The van der Waals surface area contributed by atoms with Crippen LogP contribution in [0.3, 0.4) is 0 Å². The maximum atomic E-state index is 13.4. The molecule has 0 saturated heterocycles. The molecule has 0 saturated carbocycles. The van der Waals surface area contributed by atoms with Gasteiger partial charge in [0, 0.05) is 12.6 Å². The van der Waals surface area contributed by atoms with Crippen molar-refractivity contribution in [3.8, 4) is 0 Å². The number of hydrogen-bond acceptors (Lipinski definition) is 1. The summed E-state index contributed by atoms with van der Waals surface area (Å²) in [5, 5.41) is 3.73. The summed E-state index contributed by atoms with van der Waals surface area (Å²) in [4.78, 5) is 0. The first-order chi connectivity index (χ1) is 9.74. The molecule has 0 aliphatic heterocycles. The highest BCUT2D eigenvalue weighted by Crippen LogP contribution is 2.23. The van der Waals surface area contributed by atoms with Gasteiger partial charge in [0.2, 0.25) is 0 Å². The van der Waals surface area contributed by atoms with Crippen LogP contribution in [-0.4, -0.2) is 6.04 Å². The molecule has 0 heterocycles. The predicted octanol–water partition coefficient (Wildman–Crippen LogP) is 4.13. The first kappa shape index (κ1) is 13.6. The molecule has 0 bridgehead atoms. The van der Waals surface area contributed by atoms with Crippen molar-refractivity contribution < 1.29 is 4.39 Å². The van der Waals surface area contributed by atoms with Crippen LogP contribution >= 0.6 is 11.6 Å². The molecule has 3 heteroatoms. The van der Waals surface area contributed by atoms with Crippen LogP contribution in [0.15, 0.2) is 42.5 Å². The average molecular weight is 290 g/mol. The summed E-state index contributed by atoms with van der Waals surface area (Å²) in [6, 6.07) is 14.0. The SMILES string of the molecule is Fc1cccc(CNC2CCc3ccccc3C2)c1Cl. The van der Waals surface area contributed by atoms with E-state index < -0.39 is 0 Å². The fraction of sp³-hybridized carbons (Fsp3) is 0.294. The van der Waals surface area contributed by atoms with Crippen LogP contribution in [0.4, 0.5) is 4.39 Å². The molecule has 3 rings (SSSR count). The maximum Gasteiger partial charge on any atom is 0.142 e. The van der Waals surface area contributed by atoms with Crippen LogP contribution < -0.4 is 5.32 Å². The molecule has 0 amide bonds. The Balaban J connectivity index is 1.64. The Labute approximate surface area is 123 Å². The number of rotatable bonds is 3. The Morgan fingerprint density at radius 3 is 2.75 bits per heavy atom. The molecule has 0 spiro atoms. The Hall–Kier alpha value is -1.38. The summed E-state index contributed by atoms with van der Waals surface area (Å²) in [6.07, 6.45) is 3.25. The average Bonchev–Trinajstić information content (AvgIpc) is 2.48. The van der Waals surface area contributed by atoms with E-state index >= 15 is 0 Å². The van der Waals surface area contributed by atoms with Gasteiger partial charge in [0.05, 0.1) is 5.02 Å². The summed E-state index contributed by atoms with van der Waals surface area (Å²) in [7, 11) is 0. The first-order valence-electron chi connectivity index (χ1n) is 6.97. The van der Waals surface area contributed by atoms with Gasteiger partial charge in [-0.1, -0.05) is 48.0 Å². The number of fused-ring (bicyclic) bond motifs is 1. The molecule has 0 radical (unpaired) electrons. The van der Waals surface area contributed by atoms with Crippen molar-refractivity contribution >= 4 is 11.6 Å². The zero-order chi connectivity index (χ0) is 13.9. The van der Waals surface area contributed by atoms with Gasteiger partial charge in [-0.05, 0) is 42.0 Å². The molecule has 2 aromatic rings. The Morgan fingerprint density at radius 2 is 1.90 bits per heavy atom. The number of aryl methyl sites for hydroxylation is 1. The second-order valence-electron chi connectivity index (χ2n) is 5.30. The van der Waals surface area contributed by atoms with Crippen LogP contribution in [0.1, 0.15) is 23.1 Å². The molecule has 20 heavy (non-hydrogen) atoms. The molecule has 0 aromatic heterocycles. The van der Waals surface area contributed by atoms with Gasteiger partial charge in [-0.25, -0.2) is 4.39 Å². The lowest BCUT2D eigenvalue weighted by atomic mass is 9.88. The number of benzene rings is 2. The lowest BCUT2D eigenvalue weighted by Crippen LogP contribution is -2.34. The number of halogens is 2. The highest BCUT2D eigenvalue weighted by molar-refractivity contribution is 6.31. The third-order valence-electron chi connectivity index (χ3n) is 3.96. The zero-order valence-corrected chi connectivity index (χ0v) is 12.0. The van der Waals surface area contributed by atoms with E-state index in [0.29, 0.717) is 12.6 Å². The van der Waals surface area contributed by atoms with Crippen molar-refractivity contribution in [1.82, 2.24) is 5.32 Å². The molecule has 0 fully saturated rings. The van der Waals surface area contributed by atoms with Gasteiger partial charge >= 0.3 is 0 Å². The molecule has 1 atom stereocenters. The minimum absolute atomic E-state index is 0.233. The molecule has 1 aliphatic rings. The predicted molar refractivity (Wildman–Crippen MR) is 80.5 cm³/mol. The topological polar surface area (TPSA) is 12.0 Å². The van der Waals surface area contributed by atoms with Crippen molar-refractivity contribution in [2.45, 2.75) is 31.8 Å². The van der Waals surface area contributed by atoms with Gasteiger partial charge in [0.25, 0.3) is 0 Å². The summed E-state index contributed by atoms with van der Waals surface area (Å²) in [6.45, 7) is 0.615. The van der Waals surface area contributed by atoms with Crippen molar-refractivity contribution in [3.05, 3.63) is 70.0 Å². The molecule has 1 unspecified atom stereocenters. The minimum Gasteiger partial charge on any atom is -0.310 e. The van der Waals surface area contributed by atoms with E-state index in [1.165, 1.54) is 17.2 Å². The van der Waals surface area contributed by atoms with Gasteiger partial charge < -0.3 is 5.32 Å². The largest absolute Gasteiger partial charge is 0.310 e. The summed E-state index contributed by atoms with van der Waals surface area (Å²) in [5.74, 6) is -0.347. The molecule has 1 N–H and O–H groups in total. The van der Waals surface area contributed by atoms with E-state index in [1.807, 2.05) is 6.07 Å². The zero-order valence-electron chi connectivity index (χ0n) is 11.2. The monoisotopic (exact) mass is 289 g/mol. The molecule has 104 valence electrons. The van der Waals surface area contributed by atoms with E-state index in [-0.39, 0.29) is 10.8 Å². The summed E-state index contributed by atoms with van der Waals surface area (Å²) in [5.41, 5.74) is 3.70. The summed E-state index contributed by atoms with van der Waals surface area (Å²) >= 11 is 5.98. The van der Waals surface area contributed by atoms with Crippen LogP contribution in [0.5, 0.6) is 0 Å². The molecule has 1 nitrogen and oxygen atoms in total. The van der Waals surface area contributed by atoms with E-state index in [2.05, 4.69) is 29.6 Å². The van der Waals surface area contributed by atoms with Crippen LogP contribution in [-0.2, 0) is 19.4 Å². The fourth-order valence-electron chi connectivity index (χ4n) is 2.81. The second kappa shape index (κ2) is 5.94. The van der Waals surface area contributed by atoms with E-state index in [9.17, 15) is 4.39 Å². The van der Waals surface area contributed by atoms with Crippen molar-refractivity contribution in [3.63, 3.8) is 0 Å². The van der Waals surface area contributed by atoms with Crippen molar-refractivity contribution in [2.75, 3.05) is 0 Å². The third kappa shape index (κ3) is 2.87. The lowest BCUT2D eigenvalue weighted by Gasteiger charge is -2.25. The van der Waals surface area contributed by atoms with Gasteiger partial charge in [-0.15, -0.1) is 0 Å². The summed E-state index contributed by atoms with van der Waals surface area (Å²) < 4.78 is 13.4. The molecule has 2 aromatic carbocycles. The van der Waals surface area contributed by atoms with E-state index in [0.717, 1.165) is 24.8 Å². The maximum absolute atomic E-state index is 13.4. The minimum atomic E-state index is -0.347. The molecular formula is C17H17ClFN. The van der Waals surface area contributed by atoms with Crippen LogP contribution in [0.2, 0.25) is 5.02 Å². The Morgan fingerprint density at radius 1 is 1.10 bits per heavy atom. The normalized spacial score (nSPS) is 17.8. The lowest BCUT2D eigenvalue weighted by molar-refractivity contribution is 0.457. The van der Waals surface area contributed by atoms with Gasteiger partial charge in [-0.3, -0.25) is 0 Å². The van der Waals surface area contributed by atoms with Crippen LogP contribution in [0, 0.1) is 5.82 Å². The highest BCUT2D eigenvalue weighted by Gasteiger charge is 2.18. The Bertz CT molecular complexity index is 612. The first-order valence-corrected chi connectivity index (χ1v) is 7.35. The number of nitrogens with one attached hydrogen (secondary N) is 1. The third-order valence-corrected chi connectivity index (χ3v) is 4.38. The van der Waals surface area contributed by atoms with Gasteiger partial charge in [-0.2, -0.15) is 0 Å². The quantitative estimate of drug-likeness (QED) is 0.896. The number of hydrogen-bond donors (Lipinski definition) is 1. The smallest absolute Gasteiger partial charge is 0.142 e. The van der Waals surface area contributed by atoms with E-state index in [4.69, 9.17) is 11.6 Å². The van der Waals surface area contributed by atoms with Gasteiger partial charge in [0.15, 0.2) is 0 Å². The molecular weight excluding hydrogens is 273 g/mol. The second-order valence-corrected chi connectivity index (χ2v) is 5.68. The Kier molecular flexibility index (Phi) is 4.04. The highest BCUT2D eigenvalue weighted by atomic mass is 35.5. The van der Waals surface area contributed by atoms with Gasteiger partial charge in [0.1, 0.15) is 5.82 Å².